The lowest BCUT2D eigenvalue weighted by Gasteiger charge is -2.17. The van der Waals surface area contributed by atoms with Crippen molar-refractivity contribution in [3.63, 3.8) is 0 Å². The van der Waals surface area contributed by atoms with Crippen LogP contribution in [0.3, 0.4) is 0 Å². The van der Waals surface area contributed by atoms with E-state index in [0.717, 1.165) is 29.3 Å². The molecule has 5 heteroatoms. The molecular formula is C16H14F2O3. The monoisotopic (exact) mass is 292 g/mol. The predicted octanol–water partition coefficient (Wildman–Crippen LogP) is 3.01. The molecule has 0 aromatic heterocycles. The minimum Gasteiger partial charge on any atom is -0.497 e. The highest BCUT2D eigenvalue weighted by Gasteiger charge is 2.33. The summed E-state index contributed by atoms with van der Waals surface area (Å²) in [5, 5.41) is 10.3. The molecule has 0 saturated heterocycles. The Morgan fingerprint density at radius 3 is 2.43 bits per heavy atom. The standard InChI is InChI=1S/C16H14F2O3/c1-20-12-3-2-9-4-15(16(19)14(9)8-12)21-13-6-10(17)5-11(18)7-13/h2-3,5-8,15-16,19H,4H2,1H3. The maximum atomic E-state index is 13.2. The Kier molecular flexibility index (Phi) is 3.51. The van der Waals surface area contributed by atoms with Crippen LogP contribution in [0.15, 0.2) is 36.4 Å². The van der Waals surface area contributed by atoms with Crippen LogP contribution < -0.4 is 9.47 Å². The second-order valence-corrected chi connectivity index (χ2v) is 4.98. The zero-order valence-corrected chi connectivity index (χ0v) is 11.3. The van der Waals surface area contributed by atoms with Gasteiger partial charge in [-0.25, -0.2) is 8.78 Å². The molecule has 0 aliphatic heterocycles. The first-order chi connectivity index (χ1) is 10.1. The van der Waals surface area contributed by atoms with E-state index in [1.165, 1.54) is 0 Å². The maximum absolute atomic E-state index is 13.2. The normalized spacial score (nSPS) is 20.2. The molecular weight excluding hydrogens is 278 g/mol. The van der Waals surface area contributed by atoms with Gasteiger partial charge in [-0.15, -0.1) is 0 Å². The van der Waals surface area contributed by atoms with Gasteiger partial charge in [0.1, 0.15) is 35.3 Å². The lowest BCUT2D eigenvalue weighted by Crippen LogP contribution is -2.21. The van der Waals surface area contributed by atoms with Crippen LogP contribution in [0.2, 0.25) is 0 Å². The van der Waals surface area contributed by atoms with Crippen LogP contribution >= 0.6 is 0 Å². The molecule has 3 nitrogen and oxygen atoms in total. The Labute approximate surface area is 120 Å². The van der Waals surface area contributed by atoms with E-state index in [1.807, 2.05) is 6.07 Å². The highest BCUT2D eigenvalue weighted by molar-refractivity contribution is 5.42. The van der Waals surface area contributed by atoms with Crippen molar-refractivity contribution in [2.75, 3.05) is 7.11 Å². The fraction of sp³-hybridized carbons (Fsp3) is 0.250. The van der Waals surface area contributed by atoms with E-state index < -0.39 is 23.8 Å². The predicted molar refractivity (Wildman–Crippen MR) is 72.4 cm³/mol. The van der Waals surface area contributed by atoms with E-state index in [9.17, 15) is 13.9 Å². The number of rotatable bonds is 3. The molecule has 2 atom stereocenters. The minimum absolute atomic E-state index is 0.0660. The lowest BCUT2D eigenvalue weighted by molar-refractivity contribution is 0.0489. The fourth-order valence-corrected chi connectivity index (χ4v) is 2.57. The van der Waals surface area contributed by atoms with Crippen LogP contribution in [0.4, 0.5) is 8.78 Å². The average Bonchev–Trinajstić information content (AvgIpc) is 2.74. The number of hydrogen-bond acceptors (Lipinski definition) is 3. The summed E-state index contributed by atoms with van der Waals surface area (Å²) >= 11 is 0. The summed E-state index contributed by atoms with van der Waals surface area (Å²) in [5.74, 6) is -0.713. The quantitative estimate of drug-likeness (QED) is 0.945. The largest absolute Gasteiger partial charge is 0.497 e. The lowest BCUT2D eigenvalue weighted by atomic mass is 10.1. The summed E-state index contributed by atoms with van der Waals surface area (Å²) < 4.78 is 37.0. The molecule has 1 aliphatic rings. The maximum Gasteiger partial charge on any atom is 0.133 e. The highest BCUT2D eigenvalue weighted by atomic mass is 19.1. The highest BCUT2D eigenvalue weighted by Crippen LogP contribution is 2.36. The van der Waals surface area contributed by atoms with Crippen molar-refractivity contribution in [3.05, 3.63) is 59.2 Å². The summed E-state index contributed by atoms with van der Waals surface area (Å²) in [4.78, 5) is 0. The molecule has 1 N–H and O–H groups in total. The van der Waals surface area contributed by atoms with Gasteiger partial charge in [0.25, 0.3) is 0 Å². The number of ether oxygens (including phenoxy) is 2. The Morgan fingerprint density at radius 2 is 1.76 bits per heavy atom. The van der Waals surface area contributed by atoms with Crippen LogP contribution in [-0.2, 0) is 6.42 Å². The minimum atomic E-state index is -0.860. The molecule has 2 aromatic rings. The van der Waals surface area contributed by atoms with Gasteiger partial charge in [0, 0.05) is 24.6 Å². The summed E-state index contributed by atoms with van der Waals surface area (Å²) in [5.41, 5.74) is 1.65. The van der Waals surface area contributed by atoms with Gasteiger partial charge in [0.15, 0.2) is 0 Å². The number of halogens is 2. The second kappa shape index (κ2) is 5.33. The first-order valence-corrected chi connectivity index (χ1v) is 6.54. The van der Waals surface area contributed by atoms with E-state index in [-0.39, 0.29) is 5.75 Å². The van der Waals surface area contributed by atoms with Crippen LogP contribution in [0.5, 0.6) is 11.5 Å². The van der Waals surface area contributed by atoms with Gasteiger partial charge in [-0.2, -0.15) is 0 Å². The number of aliphatic hydroxyl groups is 1. The zero-order valence-electron chi connectivity index (χ0n) is 11.3. The van der Waals surface area contributed by atoms with Crippen molar-refractivity contribution in [3.8, 4) is 11.5 Å². The second-order valence-electron chi connectivity index (χ2n) is 4.98. The molecule has 0 heterocycles. The van der Waals surface area contributed by atoms with Gasteiger partial charge in [-0.1, -0.05) is 6.07 Å². The van der Waals surface area contributed by atoms with Crippen LogP contribution in [0.25, 0.3) is 0 Å². The van der Waals surface area contributed by atoms with Gasteiger partial charge in [-0.3, -0.25) is 0 Å². The van der Waals surface area contributed by atoms with E-state index in [1.54, 1.807) is 19.2 Å². The van der Waals surface area contributed by atoms with E-state index in [4.69, 9.17) is 9.47 Å². The molecule has 1 aliphatic carbocycles. The third-order valence-corrected chi connectivity index (χ3v) is 3.57. The van der Waals surface area contributed by atoms with Gasteiger partial charge in [0.2, 0.25) is 0 Å². The fourth-order valence-electron chi connectivity index (χ4n) is 2.57. The Morgan fingerprint density at radius 1 is 1.05 bits per heavy atom. The van der Waals surface area contributed by atoms with Gasteiger partial charge in [0.05, 0.1) is 7.11 Å². The molecule has 0 fully saturated rings. The number of methoxy groups -OCH3 is 1. The van der Waals surface area contributed by atoms with Gasteiger partial charge >= 0.3 is 0 Å². The summed E-state index contributed by atoms with van der Waals surface area (Å²) in [6.07, 6.45) is -0.965. The summed E-state index contributed by atoms with van der Waals surface area (Å²) in [6.45, 7) is 0. The van der Waals surface area contributed by atoms with Crippen molar-refractivity contribution in [2.24, 2.45) is 0 Å². The average molecular weight is 292 g/mol. The van der Waals surface area contributed by atoms with E-state index in [0.29, 0.717) is 12.2 Å². The van der Waals surface area contributed by atoms with Crippen molar-refractivity contribution in [2.45, 2.75) is 18.6 Å². The van der Waals surface area contributed by atoms with E-state index >= 15 is 0 Å². The molecule has 2 aromatic carbocycles. The molecule has 0 spiro atoms. The Bertz CT molecular complexity index is 652. The number of fused-ring (bicyclic) bond motifs is 1. The molecule has 0 saturated carbocycles. The molecule has 0 amide bonds. The van der Waals surface area contributed by atoms with Crippen molar-refractivity contribution < 1.29 is 23.4 Å². The third kappa shape index (κ3) is 2.69. The molecule has 0 bridgehead atoms. The smallest absolute Gasteiger partial charge is 0.133 e. The van der Waals surface area contributed by atoms with Gasteiger partial charge in [-0.05, 0) is 23.3 Å². The van der Waals surface area contributed by atoms with Crippen molar-refractivity contribution in [1.82, 2.24) is 0 Å². The SMILES string of the molecule is COc1ccc2c(c1)C(O)C(Oc1cc(F)cc(F)c1)C2. The van der Waals surface area contributed by atoms with Crippen LogP contribution in [0, 0.1) is 11.6 Å². The molecule has 0 radical (unpaired) electrons. The zero-order chi connectivity index (χ0) is 15.0. The van der Waals surface area contributed by atoms with Crippen LogP contribution in [0.1, 0.15) is 17.2 Å². The molecule has 3 rings (SSSR count). The Hall–Kier alpha value is -2.14. The number of hydrogen-bond donors (Lipinski definition) is 1. The topological polar surface area (TPSA) is 38.7 Å². The first-order valence-electron chi connectivity index (χ1n) is 6.54. The summed E-state index contributed by atoms with van der Waals surface area (Å²) in [6, 6.07) is 8.37. The molecule has 110 valence electrons. The Balaban J connectivity index is 1.82. The number of benzene rings is 2. The summed E-state index contributed by atoms with van der Waals surface area (Å²) in [7, 11) is 1.55. The van der Waals surface area contributed by atoms with E-state index in [2.05, 4.69) is 0 Å². The van der Waals surface area contributed by atoms with Gasteiger partial charge < -0.3 is 14.6 Å². The molecule has 2 unspecified atom stereocenters. The first kappa shape index (κ1) is 13.8. The number of aliphatic hydroxyl groups excluding tert-OH is 1. The van der Waals surface area contributed by atoms with Crippen molar-refractivity contribution in [1.29, 1.82) is 0 Å². The third-order valence-electron chi connectivity index (χ3n) is 3.57. The van der Waals surface area contributed by atoms with Crippen molar-refractivity contribution >= 4 is 0 Å². The van der Waals surface area contributed by atoms with Crippen LogP contribution in [-0.4, -0.2) is 18.3 Å². The molecule has 21 heavy (non-hydrogen) atoms.